The van der Waals surface area contributed by atoms with E-state index in [1.54, 1.807) is 13.8 Å². The Morgan fingerprint density at radius 1 is 0.977 bits per heavy atom. The number of hydrogen-bond acceptors (Lipinski definition) is 9. The van der Waals surface area contributed by atoms with Crippen molar-refractivity contribution in [3.8, 4) is 0 Å². The Labute approximate surface area is 261 Å². The molecule has 8 rings (SSSR count). The van der Waals surface area contributed by atoms with Crippen molar-refractivity contribution in [2.24, 2.45) is 44.8 Å². The summed E-state index contributed by atoms with van der Waals surface area (Å²) in [5.74, 6) is -0.431. The SMILES string of the molecule is C[C@@H]1C[C@H]2O[C@@]3(O[C@H]2C(C)(C)O)[C@@H](O)[C@@]2(C)C4=CC[C@@H]5C(C)(C)[C@@H](O[C@@H]6OC[C@@H](O)[C@H](O)[C@H]6O)CC[C@@]56C[C@@]46CC[C@]2(C)[C@@H]13. The van der Waals surface area contributed by atoms with E-state index < -0.39 is 53.6 Å². The van der Waals surface area contributed by atoms with Crippen molar-refractivity contribution in [1.29, 1.82) is 0 Å². The van der Waals surface area contributed by atoms with Gasteiger partial charge in [-0.15, -0.1) is 0 Å². The number of allylic oxidation sites excluding steroid dienone is 1. The second-order valence-electron chi connectivity index (χ2n) is 17.8. The summed E-state index contributed by atoms with van der Waals surface area (Å²) in [6.07, 6.45) is 2.81. The first-order chi connectivity index (χ1) is 20.4. The Kier molecular flexibility index (Phi) is 6.20. The van der Waals surface area contributed by atoms with Crippen LogP contribution in [0.4, 0.5) is 0 Å². The highest BCUT2D eigenvalue weighted by atomic mass is 16.8. The quantitative estimate of drug-likeness (QED) is 0.302. The molecule has 3 heterocycles. The lowest BCUT2D eigenvalue weighted by Crippen LogP contribution is -2.58. The average Bonchev–Trinajstić information content (AvgIpc) is 3.45. The average molecular weight is 619 g/mol. The third kappa shape index (κ3) is 3.33. The molecule has 7 fully saturated rings. The van der Waals surface area contributed by atoms with Gasteiger partial charge in [-0.05, 0) is 92.3 Å². The lowest BCUT2D eigenvalue weighted by Gasteiger charge is -2.60. The van der Waals surface area contributed by atoms with Crippen LogP contribution in [-0.4, -0.2) is 92.5 Å². The number of rotatable bonds is 3. The highest BCUT2D eigenvalue weighted by Crippen LogP contribution is 2.89. The summed E-state index contributed by atoms with van der Waals surface area (Å²) in [5, 5.41) is 54.4. The fourth-order valence-corrected chi connectivity index (χ4v) is 13.1. The topological polar surface area (TPSA) is 138 Å². The first-order valence-electron chi connectivity index (χ1n) is 17.2. The molecule has 3 aliphatic heterocycles. The second kappa shape index (κ2) is 8.88. The molecule has 5 N–H and O–H groups in total. The molecular weight excluding hydrogens is 564 g/mol. The van der Waals surface area contributed by atoms with Crippen molar-refractivity contribution in [1.82, 2.24) is 0 Å². The number of hydrogen-bond donors (Lipinski definition) is 5. The summed E-state index contributed by atoms with van der Waals surface area (Å²) < 4.78 is 25.7. The van der Waals surface area contributed by atoms with Crippen LogP contribution >= 0.6 is 0 Å². The number of aliphatic hydroxyl groups excluding tert-OH is 4. The monoisotopic (exact) mass is 618 g/mol. The maximum Gasteiger partial charge on any atom is 0.199 e. The molecule has 44 heavy (non-hydrogen) atoms. The molecule has 4 saturated carbocycles. The molecule has 0 aromatic carbocycles. The molecule has 0 amide bonds. The van der Waals surface area contributed by atoms with Crippen LogP contribution < -0.4 is 0 Å². The van der Waals surface area contributed by atoms with Crippen molar-refractivity contribution in [2.45, 2.75) is 154 Å². The van der Waals surface area contributed by atoms with Crippen molar-refractivity contribution in [3.05, 3.63) is 11.6 Å². The van der Waals surface area contributed by atoms with Crippen LogP contribution in [0, 0.1) is 44.8 Å². The third-order valence-corrected chi connectivity index (χ3v) is 15.2. The number of fused-ring (bicyclic) bond motifs is 4. The van der Waals surface area contributed by atoms with Gasteiger partial charge in [-0.1, -0.05) is 46.3 Å². The van der Waals surface area contributed by atoms with Crippen molar-refractivity contribution >= 4 is 0 Å². The van der Waals surface area contributed by atoms with Crippen LogP contribution in [0.25, 0.3) is 0 Å². The van der Waals surface area contributed by atoms with E-state index in [0.717, 1.165) is 44.9 Å². The Morgan fingerprint density at radius 3 is 2.41 bits per heavy atom. The fraction of sp³-hybridized carbons (Fsp3) is 0.943. The Bertz CT molecular complexity index is 1260. The fourth-order valence-electron chi connectivity index (χ4n) is 13.1. The molecule has 9 heteroatoms. The van der Waals surface area contributed by atoms with E-state index >= 15 is 0 Å². The molecule has 2 bridgehead atoms. The van der Waals surface area contributed by atoms with Gasteiger partial charge in [0.05, 0.1) is 24.4 Å². The van der Waals surface area contributed by atoms with Crippen LogP contribution in [0.1, 0.15) is 93.4 Å². The molecule has 3 saturated heterocycles. The van der Waals surface area contributed by atoms with E-state index in [0.29, 0.717) is 11.8 Å². The predicted octanol–water partition coefficient (Wildman–Crippen LogP) is 3.04. The second-order valence-corrected chi connectivity index (χ2v) is 17.8. The van der Waals surface area contributed by atoms with Gasteiger partial charge in [-0.25, -0.2) is 0 Å². The van der Waals surface area contributed by atoms with Crippen molar-refractivity contribution < 1.29 is 44.5 Å². The van der Waals surface area contributed by atoms with Gasteiger partial charge in [-0.2, -0.15) is 0 Å². The zero-order valence-corrected chi connectivity index (χ0v) is 27.5. The molecule has 0 unspecified atom stereocenters. The number of ether oxygens (including phenoxy) is 4. The summed E-state index contributed by atoms with van der Waals surface area (Å²) in [7, 11) is 0. The summed E-state index contributed by atoms with van der Waals surface area (Å²) in [4.78, 5) is 0. The molecule has 0 radical (unpaired) electrons. The van der Waals surface area contributed by atoms with E-state index in [4.69, 9.17) is 18.9 Å². The summed E-state index contributed by atoms with van der Waals surface area (Å²) in [5.41, 5.74) is -0.456. The van der Waals surface area contributed by atoms with Gasteiger partial charge in [-0.3, -0.25) is 0 Å². The number of aliphatic hydroxyl groups is 5. The molecule has 9 nitrogen and oxygen atoms in total. The third-order valence-electron chi connectivity index (χ3n) is 15.2. The molecule has 8 aliphatic rings. The van der Waals surface area contributed by atoms with Crippen molar-refractivity contribution in [2.75, 3.05) is 6.61 Å². The molecule has 248 valence electrons. The minimum atomic E-state index is -1.30. The van der Waals surface area contributed by atoms with Gasteiger partial charge < -0.3 is 44.5 Å². The van der Waals surface area contributed by atoms with Gasteiger partial charge in [0.15, 0.2) is 12.1 Å². The van der Waals surface area contributed by atoms with Crippen molar-refractivity contribution in [3.63, 3.8) is 0 Å². The normalized spacial score (nSPS) is 60.4. The molecule has 5 aliphatic carbocycles. The zero-order valence-electron chi connectivity index (χ0n) is 27.5. The Balaban J connectivity index is 1.13. The maximum absolute atomic E-state index is 12.6. The minimum Gasteiger partial charge on any atom is -0.388 e. The Hall–Kier alpha value is -0.620. The van der Waals surface area contributed by atoms with Gasteiger partial charge in [0, 0.05) is 11.3 Å². The van der Waals surface area contributed by atoms with Crippen LogP contribution in [0.5, 0.6) is 0 Å². The molecular formula is C35H54O9. The van der Waals surface area contributed by atoms with Crippen LogP contribution in [0.2, 0.25) is 0 Å². The summed E-state index contributed by atoms with van der Waals surface area (Å²) >= 11 is 0. The maximum atomic E-state index is 12.6. The highest BCUT2D eigenvalue weighted by Gasteiger charge is 2.86. The minimum absolute atomic E-state index is 0.0234. The van der Waals surface area contributed by atoms with Gasteiger partial charge in [0.2, 0.25) is 0 Å². The molecule has 0 aromatic rings. The van der Waals surface area contributed by atoms with E-state index in [1.807, 2.05) is 0 Å². The van der Waals surface area contributed by atoms with E-state index in [-0.39, 0.29) is 46.4 Å². The van der Waals surface area contributed by atoms with E-state index in [9.17, 15) is 25.5 Å². The first kappa shape index (κ1) is 30.7. The predicted molar refractivity (Wildman–Crippen MR) is 159 cm³/mol. The van der Waals surface area contributed by atoms with Gasteiger partial charge in [0.25, 0.3) is 0 Å². The smallest absolute Gasteiger partial charge is 0.199 e. The molecule has 0 aromatic heterocycles. The lowest BCUT2D eigenvalue weighted by molar-refractivity contribution is -0.300. The van der Waals surface area contributed by atoms with Crippen LogP contribution in [0.3, 0.4) is 0 Å². The zero-order chi connectivity index (χ0) is 31.6. The van der Waals surface area contributed by atoms with Crippen LogP contribution in [-0.2, 0) is 18.9 Å². The van der Waals surface area contributed by atoms with E-state index in [2.05, 4.69) is 40.7 Å². The largest absolute Gasteiger partial charge is 0.388 e. The van der Waals surface area contributed by atoms with E-state index in [1.165, 1.54) is 5.57 Å². The summed E-state index contributed by atoms with van der Waals surface area (Å²) in [6.45, 7) is 15.0. The van der Waals surface area contributed by atoms with Gasteiger partial charge in [0.1, 0.15) is 30.5 Å². The van der Waals surface area contributed by atoms with Gasteiger partial charge >= 0.3 is 0 Å². The molecule has 16 atom stereocenters. The first-order valence-corrected chi connectivity index (χ1v) is 17.2. The summed E-state index contributed by atoms with van der Waals surface area (Å²) in [6, 6.07) is 0. The lowest BCUT2D eigenvalue weighted by atomic mass is 9.44. The standard InChI is InChI=1S/C35H54O9/c1-17-14-19-26(30(4,5)40)44-35(43-19)25(17)31(6)12-13-34-16-33(34)11-10-22(42-27-24(38)23(37)18(36)15-41-27)29(2,3)20(33)8-9-21(34)32(31,7)28(35)39/h9,17-20,22-28,36-40H,8,10-16H2,1-7H3/t17-,18-,19-,20-,22+,23+,24-,25-,26-,27+,28+,31-,32-,33-,34+,35+/m1/s1. The Morgan fingerprint density at radius 2 is 1.70 bits per heavy atom. The highest BCUT2D eigenvalue weighted by molar-refractivity contribution is 5.48. The molecule has 3 spiro atoms. The van der Waals surface area contributed by atoms with Crippen LogP contribution in [0.15, 0.2) is 11.6 Å².